The van der Waals surface area contributed by atoms with E-state index in [4.69, 9.17) is 17.3 Å². The van der Waals surface area contributed by atoms with Gasteiger partial charge in [0.1, 0.15) is 5.69 Å². The zero-order valence-electron chi connectivity index (χ0n) is 11.3. The molecular formula is C13H20Cl3N3O. The Bertz CT molecular complexity index is 425. The Hall–Kier alpha value is -0.550. The van der Waals surface area contributed by atoms with Crippen LogP contribution in [0, 0.1) is 5.92 Å². The molecule has 0 saturated carbocycles. The highest BCUT2D eigenvalue weighted by Gasteiger charge is 2.26. The number of hydrogen-bond acceptors (Lipinski definition) is 3. The molecule has 7 heteroatoms. The number of likely N-dealkylation sites (tertiary alicyclic amines) is 1. The first-order valence-corrected chi connectivity index (χ1v) is 6.62. The first-order chi connectivity index (χ1) is 8.58. The van der Waals surface area contributed by atoms with E-state index < -0.39 is 0 Å². The molecule has 1 aromatic rings. The molecule has 0 spiro atoms. The number of amides is 1. The van der Waals surface area contributed by atoms with E-state index in [1.165, 1.54) is 6.20 Å². The molecular weight excluding hydrogens is 321 g/mol. The highest BCUT2D eigenvalue weighted by Crippen LogP contribution is 2.20. The second-order valence-electron chi connectivity index (χ2n) is 4.87. The van der Waals surface area contributed by atoms with Crippen LogP contribution in [0.15, 0.2) is 18.3 Å². The van der Waals surface area contributed by atoms with E-state index in [0.29, 0.717) is 16.6 Å². The molecule has 2 atom stereocenters. The molecule has 1 aliphatic heterocycles. The van der Waals surface area contributed by atoms with Crippen molar-refractivity contribution in [3.8, 4) is 0 Å². The smallest absolute Gasteiger partial charge is 0.272 e. The third-order valence-electron chi connectivity index (χ3n) is 3.44. The van der Waals surface area contributed by atoms with E-state index in [0.717, 1.165) is 25.9 Å². The zero-order chi connectivity index (χ0) is 13.1. The number of nitrogens with zero attached hydrogens (tertiary/aromatic N) is 2. The molecule has 1 saturated heterocycles. The largest absolute Gasteiger partial charge is 0.337 e. The molecule has 1 fully saturated rings. The first kappa shape index (κ1) is 19.4. The number of pyridine rings is 1. The van der Waals surface area contributed by atoms with Gasteiger partial charge < -0.3 is 10.6 Å². The highest BCUT2D eigenvalue weighted by molar-refractivity contribution is 6.30. The molecule has 2 rings (SSSR count). The number of hydrogen-bond donors (Lipinski definition) is 1. The SMILES string of the molecule is CC(N)C1CCCN(C(=O)c2ccc(Cl)cn2)C1.Cl.Cl. The van der Waals surface area contributed by atoms with Crippen LogP contribution in [0.2, 0.25) is 5.02 Å². The molecule has 0 aliphatic carbocycles. The first-order valence-electron chi connectivity index (χ1n) is 6.24. The fourth-order valence-corrected chi connectivity index (χ4v) is 2.40. The van der Waals surface area contributed by atoms with Crippen LogP contribution in [0.1, 0.15) is 30.3 Å². The van der Waals surface area contributed by atoms with Gasteiger partial charge in [-0.1, -0.05) is 11.6 Å². The number of nitrogens with two attached hydrogens (primary N) is 1. The van der Waals surface area contributed by atoms with Crippen molar-refractivity contribution in [2.24, 2.45) is 11.7 Å². The average molecular weight is 341 g/mol. The Morgan fingerprint density at radius 2 is 2.20 bits per heavy atom. The lowest BCUT2D eigenvalue weighted by molar-refractivity contribution is 0.0655. The van der Waals surface area contributed by atoms with Crippen molar-refractivity contribution in [1.82, 2.24) is 9.88 Å². The molecule has 2 unspecified atom stereocenters. The van der Waals surface area contributed by atoms with Crippen molar-refractivity contribution in [3.05, 3.63) is 29.0 Å². The summed E-state index contributed by atoms with van der Waals surface area (Å²) in [6.45, 7) is 3.51. The Morgan fingerprint density at radius 1 is 1.50 bits per heavy atom. The number of halogens is 3. The summed E-state index contributed by atoms with van der Waals surface area (Å²) < 4.78 is 0. The quantitative estimate of drug-likeness (QED) is 0.900. The van der Waals surface area contributed by atoms with Gasteiger partial charge in [-0.15, -0.1) is 24.8 Å². The Labute approximate surface area is 136 Å². The molecule has 20 heavy (non-hydrogen) atoms. The molecule has 0 aromatic carbocycles. The van der Waals surface area contributed by atoms with Gasteiger partial charge in [-0.25, -0.2) is 4.98 Å². The topological polar surface area (TPSA) is 59.2 Å². The van der Waals surface area contributed by atoms with Gasteiger partial charge in [0.05, 0.1) is 5.02 Å². The Morgan fingerprint density at radius 3 is 2.75 bits per heavy atom. The van der Waals surface area contributed by atoms with Crippen molar-refractivity contribution in [3.63, 3.8) is 0 Å². The van der Waals surface area contributed by atoms with Gasteiger partial charge in [0, 0.05) is 25.3 Å². The molecule has 2 N–H and O–H groups in total. The lowest BCUT2D eigenvalue weighted by Gasteiger charge is -2.34. The number of piperidine rings is 1. The average Bonchev–Trinajstić information content (AvgIpc) is 2.39. The third kappa shape index (κ3) is 4.77. The van der Waals surface area contributed by atoms with Crippen molar-refractivity contribution >= 4 is 42.3 Å². The molecule has 4 nitrogen and oxygen atoms in total. The van der Waals surface area contributed by atoms with E-state index in [2.05, 4.69) is 4.98 Å². The summed E-state index contributed by atoms with van der Waals surface area (Å²) in [5.74, 6) is 0.354. The maximum atomic E-state index is 12.3. The second kappa shape index (κ2) is 8.67. The summed E-state index contributed by atoms with van der Waals surface area (Å²) in [6.07, 6.45) is 3.60. The summed E-state index contributed by atoms with van der Waals surface area (Å²) >= 11 is 5.76. The van der Waals surface area contributed by atoms with Crippen LogP contribution >= 0.6 is 36.4 Å². The minimum absolute atomic E-state index is 0. The van der Waals surface area contributed by atoms with Crippen molar-refractivity contribution in [1.29, 1.82) is 0 Å². The van der Waals surface area contributed by atoms with Crippen LogP contribution in [-0.4, -0.2) is 34.9 Å². The maximum Gasteiger partial charge on any atom is 0.272 e. The molecule has 1 amide bonds. The molecule has 0 bridgehead atoms. The molecule has 1 aromatic heterocycles. The van der Waals surface area contributed by atoms with Gasteiger partial charge in [-0.2, -0.15) is 0 Å². The van der Waals surface area contributed by atoms with E-state index in [9.17, 15) is 4.79 Å². The fraction of sp³-hybridized carbons (Fsp3) is 0.538. The third-order valence-corrected chi connectivity index (χ3v) is 3.66. The van der Waals surface area contributed by atoms with Crippen LogP contribution in [-0.2, 0) is 0 Å². The van der Waals surface area contributed by atoms with E-state index in [1.807, 2.05) is 11.8 Å². The number of carbonyl (C=O) groups excluding carboxylic acids is 1. The molecule has 1 aliphatic rings. The van der Waals surface area contributed by atoms with E-state index >= 15 is 0 Å². The minimum atomic E-state index is -0.0305. The lowest BCUT2D eigenvalue weighted by Crippen LogP contribution is -2.45. The van der Waals surface area contributed by atoms with Crippen LogP contribution in [0.3, 0.4) is 0 Å². The lowest BCUT2D eigenvalue weighted by atomic mass is 9.92. The Balaban J connectivity index is 0.00000180. The number of aromatic nitrogens is 1. The zero-order valence-corrected chi connectivity index (χ0v) is 13.7. The Kier molecular flexibility index (Phi) is 8.44. The minimum Gasteiger partial charge on any atom is -0.337 e. The van der Waals surface area contributed by atoms with E-state index in [-0.39, 0.29) is 36.8 Å². The van der Waals surface area contributed by atoms with Crippen LogP contribution in [0.5, 0.6) is 0 Å². The molecule has 0 radical (unpaired) electrons. The monoisotopic (exact) mass is 339 g/mol. The van der Waals surface area contributed by atoms with Crippen LogP contribution in [0.4, 0.5) is 0 Å². The van der Waals surface area contributed by atoms with Crippen molar-refractivity contribution in [2.75, 3.05) is 13.1 Å². The summed E-state index contributed by atoms with van der Waals surface area (Å²) in [4.78, 5) is 18.2. The normalized spacial score (nSPS) is 19.6. The fourth-order valence-electron chi connectivity index (χ4n) is 2.29. The summed E-state index contributed by atoms with van der Waals surface area (Å²) in [6, 6.07) is 3.48. The van der Waals surface area contributed by atoms with Gasteiger partial charge in [-0.3, -0.25) is 4.79 Å². The van der Waals surface area contributed by atoms with Gasteiger partial charge in [0.2, 0.25) is 0 Å². The number of carbonyl (C=O) groups is 1. The van der Waals surface area contributed by atoms with Gasteiger partial charge in [0.15, 0.2) is 0 Å². The molecule has 2 heterocycles. The maximum absolute atomic E-state index is 12.3. The van der Waals surface area contributed by atoms with Crippen LogP contribution in [0.25, 0.3) is 0 Å². The predicted molar refractivity (Wildman–Crippen MR) is 86.0 cm³/mol. The summed E-state index contributed by atoms with van der Waals surface area (Å²) in [7, 11) is 0. The van der Waals surface area contributed by atoms with Gasteiger partial charge >= 0.3 is 0 Å². The van der Waals surface area contributed by atoms with Crippen LogP contribution < -0.4 is 5.73 Å². The van der Waals surface area contributed by atoms with Gasteiger partial charge in [-0.05, 0) is 37.8 Å². The highest BCUT2D eigenvalue weighted by atomic mass is 35.5. The number of rotatable bonds is 2. The summed E-state index contributed by atoms with van der Waals surface area (Å²) in [5.41, 5.74) is 6.37. The van der Waals surface area contributed by atoms with Crippen molar-refractivity contribution < 1.29 is 4.79 Å². The summed E-state index contributed by atoms with van der Waals surface area (Å²) in [5, 5.41) is 0.540. The predicted octanol–water partition coefficient (Wildman–Crippen LogP) is 2.78. The van der Waals surface area contributed by atoms with Gasteiger partial charge in [0.25, 0.3) is 5.91 Å². The molecule has 114 valence electrons. The second-order valence-corrected chi connectivity index (χ2v) is 5.31. The van der Waals surface area contributed by atoms with Crippen molar-refractivity contribution in [2.45, 2.75) is 25.8 Å². The standard InChI is InChI=1S/C13H18ClN3O.2ClH/c1-9(15)10-3-2-6-17(8-10)13(18)12-5-4-11(14)7-16-12;;/h4-5,7,9-10H,2-3,6,8,15H2,1H3;2*1H. The van der Waals surface area contributed by atoms with E-state index in [1.54, 1.807) is 12.1 Å².